The lowest BCUT2D eigenvalue weighted by atomic mass is 10.2. The molecule has 0 bridgehead atoms. The Morgan fingerprint density at radius 2 is 1.95 bits per heavy atom. The first-order valence-electron chi connectivity index (χ1n) is 5.78. The van der Waals surface area contributed by atoms with E-state index < -0.39 is 5.91 Å². The zero-order chi connectivity index (χ0) is 14.8. The molecule has 1 aromatic carbocycles. The maximum atomic E-state index is 12.0. The molecule has 0 radical (unpaired) electrons. The van der Waals surface area contributed by atoms with Gasteiger partial charge in [-0.3, -0.25) is 10.1 Å². The maximum absolute atomic E-state index is 12.0. The lowest BCUT2D eigenvalue weighted by molar-refractivity contribution is 0.102. The van der Waals surface area contributed by atoms with Crippen LogP contribution < -0.4 is 5.32 Å². The maximum Gasteiger partial charge on any atom is 0.322 e. The summed E-state index contributed by atoms with van der Waals surface area (Å²) in [5.74, 6) is -0.124. The van der Waals surface area contributed by atoms with Gasteiger partial charge in [-0.2, -0.15) is 0 Å². The Bertz CT molecular complexity index is 800. The van der Waals surface area contributed by atoms with Crippen LogP contribution in [0.1, 0.15) is 10.4 Å². The Labute approximate surface area is 133 Å². The van der Waals surface area contributed by atoms with Crippen molar-refractivity contribution in [2.75, 3.05) is 5.32 Å². The molecule has 0 fully saturated rings. The molecule has 0 atom stereocenters. The quantitative estimate of drug-likeness (QED) is 0.769. The first-order valence-corrected chi connectivity index (χ1v) is 7.36. The van der Waals surface area contributed by atoms with E-state index in [4.69, 9.17) is 27.6 Å². The number of thiophene rings is 1. The van der Waals surface area contributed by atoms with Gasteiger partial charge in [0.2, 0.25) is 0 Å². The van der Waals surface area contributed by atoms with Crippen LogP contribution in [-0.4, -0.2) is 16.1 Å². The summed E-state index contributed by atoms with van der Waals surface area (Å²) in [6, 6.07) is 10.2. The number of halogens is 2. The van der Waals surface area contributed by atoms with Crippen molar-refractivity contribution >= 4 is 46.5 Å². The van der Waals surface area contributed by atoms with E-state index in [1.54, 1.807) is 36.4 Å². The predicted octanol–water partition coefficient (Wildman–Crippen LogP) is 4.36. The molecule has 2 heterocycles. The molecule has 1 amide bonds. The van der Waals surface area contributed by atoms with Gasteiger partial charge in [-0.15, -0.1) is 16.4 Å². The van der Waals surface area contributed by atoms with Gasteiger partial charge in [0.15, 0.2) is 0 Å². The number of nitrogens with zero attached hydrogens (tertiary/aromatic N) is 2. The molecule has 8 heteroatoms. The van der Waals surface area contributed by atoms with Gasteiger partial charge < -0.3 is 4.42 Å². The molecule has 106 valence electrons. The Hall–Kier alpha value is -1.89. The fourth-order valence-electron chi connectivity index (χ4n) is 1.61. The zero-order valence-electron chi connectivity index (χ0n) is 10.3. The molecule has 0 saturated heterocycles. The monoisotopic (exact) mass is 339 g/mol. The lowest BCUT2D eigenvalue weighted by Crippen LogP contribution is -2.12. The minimum atomic E-state index is -0.417. The summed E-state index contributed by atoms with van der Waals surface area (Å²) in [4.78, 5) is 12.8. The number of amides is 1. The molecule has 0 unspecified atom stereocenters. The van der Waals surface area contributed by atoms with Crippen molar-refractivity contribution in [1.82, 2.24) is 10.2 Å². The lowest BCUT2D eigenvalue weighted by Gasteiger charge is -2.01. The summed E-state index contributed by atoms with van der Waals surface area (Å²) in [6.07, 6.45) is 0. The molecule has 0 aliphatic carbocycles. The van der Waals surface area contributed by atoms with Crippen molar-refractivity contribution in [2.45, 2.75) is 0 Å². The second kappa shape index (κ2) is 5.85. The number of carbonyl (C=O) groups is 1. The van der Waals surface area contributed by atoms with E-state index in [0.29, 0.717) is 20.8 Å². The number of hydrogen-bond donors (Lipinski definition) is 1. The first kappa shape index (κ1) is 14.1. The minimum absolute atomic E-state index is 0.000517. The third kappa shape index (κ3) is 3.07. The molecule has 3 rings (SSSR count). The summed E-state index contributed by atoms with van der Waals surface area (Å²) in [5, 5.41) is 10.5. The van der Waals surface area contributed by atoms with E-state index in [1.165, 1.54) is 11.3 Å². The van der Waals surface area contributed by atoms with Gasteiger partial charge in [0.25, 0.3) is 11.8 Å². The van der Waals surface area contributed by atoms with Gasteiger partial charge in [-0.05, 0) is 24.3 Å². The van der Waals surface area contributed by atoms with Gasteiger partial charge in [0.05, 0.1) is 19.8 Å². The zero-order valence-corrected chi connectivity index (χ0v) is 12.7. The molecular formula is C13H7Cl2N3O2S. The number of carbonyl (C=O) groups excluding carboxylic acids is 1. The fraction of sp³-hybridized carbons (Fsp3) is 0. The molecule has 0 spiro atoms. The number of nitrogens with one attached hydrogen (secondary N) is 1. The fourth-order valence-corrected chi connectivity index (χ4v) is 2.80. The van der Waals surface area contributed by atoms with Crippen LogP contribution in [0.4, 0.5) is 6.01 Å². The molecule has 3 aromatic rings. The average Bonchev–Trinajstić information content (AvgIpc) is 3.08. The summed E-state index contributed by atoms with van der Waals surface area (Å²) < 4.78 is 5.99. The summed E-state index contributed by atoms with van der Waals surface area (Å²) in [7, 11) is 0. The number of hydrogen-bond acceptors (Lipinski definition) is 5. The Morgan fingerprint density at radius 3 is 2.67 bits per heavy atom. The third-order valence-electron chi connectivity index (χ3n) is 2.55. The summed E-state index contributed by atoms with van der Waals surface area (Å²) in [6.45, 7) is 0. The highest BCUT2D eigenvalue weighted by Gasteiger charge is 2.15. The molecule has 0 saturated carbocycles. The molecule has 0 aliphatic rings. The van der Waals surface area contributed by atoms with E-state index in [0.717, 1.165) is 4.88 Å². The van der Waals surface area contributed by atoms with E-state index in [-0.39, 0.29) is 6.01 Å². The molecule has 5 nitrogen and oxygen atoms in total. The Kier molecular flexibility index (Phi) is 3.92. The van der Waals surface area contributed by atoms with Gasteiger partial charge in [0, 0.05) is 0 Å². The second-order valence-electron chi connectivity index (χ2n) is 3.95. The van der Waals surface area contributed by atoms with Gasteiger partial charge in [-0.25, -0.2) is 0 Å². The molecule has 1 N–H and O–H groups in total. The van der Waals surface area contributed by atoms with Gasteiger partial charge in [0.1, 0.15) is 0 Å². The average molecular weight is 340 g/mol. The van der Waals surface area contributed by atoms with Crippen LogP contribution in [0, 0.1) is 0 Å². The SMILES string of the molecule is O=C(Nc1nnc(-c2ccc(Cl)s2)o1)c1ccccc1Cl. The van der Waals surface area contributed by atoms with Crippen LogP contribution in [0.5, 0.6) is 0 Å². The summed E-state index contributed by atoms with van der Waals surface area (Å²) >= 11 is 13.1. The highest BCUT2D eigenvalue weighted by molar-refractivity contribution is 7.19. The third-order valence-corrected chi connectivity index (χ3v) is 4.10. The number of rotatable bonds is 3. The van der Waals surface area contributed by atoms with Gasteiger partial charge >= 0.3 is 6.01 Å². The number of anilines is 1. The molecule has 2 aromatic heterocycles. The van der Waals surface area contributed by atoms with Crippen molar-refractivity contribution in [3.05, 3.63) is 51.3 Å². The van der Waals surface area contributed by atoms with E-state index in [2.05, 4.69) is 15.5 Å². The molecular weight excluding hydrogens is 333 g/mol. The van der Waals surface area contributed by atoms with Crippen molar-refractivity contribution in [2.24, 2.45) is 0 Å². The predicted molar refractivity (Wildman–Crippen MR) is 82.0 cm³/mol. The van der Waals surface area contributed by atoms with Crippen molar-refractivity contribution in [3.8, 4) is 10.8 Å². The topological polar surface area (TPSA) is 68.0 Å². The normalized spacial score (nSPS) is 10.6. The number of aromatic nitrogens is 2. The Balaban J connectivity index is 1.79. The Morgan fingerprint density at radius 1 is 1.14 bits per heavy atom. The van der Waals surface area contributed by atoms with Crippen LogP contribution >= 0.6 is 34.5 Å². The van der Waals surface area contributed by atoms with E-state index in [9.17, 15) is 4.79 Å². The standard InChI is InChI=1S/C13H7Cl2N3O2S/c14-8-4-2-1-3-7(8)11(19)16-13-18-17-12(20-13)9-5-6-10(15)21-9/h1-6H,(H,16,18,19). The molecule has 0 aliphatic heterocycles. The highest BCUT2D eigenvalue weighted by atomic mass is 35.5. The minimum Gasteiger partial charge on any atom is -0.402 e. The van der Waals surface area contributed by atoms with E-state index >= 15 is 0 Å². The highest BCUT2D eigenvalue weighted by Crippen LogP contribution is 2.30. The van der Waals surface area contributed by atoms with Crippen LogP contribution in [0.25, 0.3) is 10.8 Å². The number of benzene rings is 1. The second-order valence-corrected chi connectivity index (χ2v) is 6.07. The largest absolute Gasteiger partial charge is 0.402 e. The van der Waals surface area contributed by atoms with Crippen molar-refractivity contribution in [3.63, 3.8) is 0 Å². The molecule has 21 heavy (non-hydrogen) atoms. The van der Waals surface area contributed by atoms with E-state index in [1.807, 2.05) is 0 Å². The van der Waals surface area contributed by atoms with Crippen molar-refractivity contribution in [1.29, 1.82) is 0 Å². The van der Waals surface area contributed by atoms with Crippen LogP contribution in [0.3, 0.4) is 0 Å². The van der Waals surface area contributed by atoms with Crippen LogP contribution in [-0.2, 0) is 0 Å². The smallest absolute Gasteiger partial charge is 0.322 e. The van der Waals surface area contributed by atoms with Crippen LogP contribution in [0.2, 0.25) is 9.36 Å². The summed E-state index contributed by atoms with van der Waals surface area (Å²) in [5.41, 5.74) is 0.332. The van der Waals surface area contributed by atoms with Crippen LogP contribution in [0.15, 0.2) is 40.8 Å². The van der Waals surface area contributed by atoms with Crippen molar-refractivity contribution < 1.29 is 9.21 Å². The first-order chi connectivity index (χ1) is 10.1. The van der Waals surface area contributed by atoms with Gasteiger partial charge in [-0.1, -0.05) is 40.4 Å².